The van der Waals surface area contributed by atoms with Crippen molar-refractivity contribution in [2.45, 2.75) is 0 Å². The summed E-state index contributed by atoms with van der Waals surface area (Å²) in [6, 6.07) is 0. The Kier molecular flexibility index (Phi) is 22.0. The second-order valence-corrected chi connectivity index (χ2v) is 0.300. The molecule has 0 fully saturated rings. The third kappa shape index (κ3) is 28.1. The van der Waals surface area contributed by atoms with Gasteiger partial charge in [-0.25, -0.2) is 4.89 Å². The van der Waals surface area contributed by atoms with E-state index in [0.717, 1.165) is 0 Å². The third-order valence-corrected chi connectivity index (χ3v) is 0. The topological polar surface area (TPSA) is 44.0 Å². The molecule has 4 heteroatoms. The molecular weight excluding hydrogens is 154 g/mol. The van der Waals surface area contributed by atoms with Crippen molar-refractivity contribution in [2.24, 2.45) is 0 Å². The molecule has 22 valence electrons. The molecule has 0 rings (SSSR count). The van der Waals surface area contributed by atoms with Gasteiger partial charge in [-0.1, -0.05) is 0 Å². The molecule has 0 unspecified atom stereocenters. The van der Waals surface area contributed by atoms with Crippen molar-refractivity contribution in [3.63, 3.8) is 0 Å². The molecule has 0 aromatic heterocycles. The second-order valence-electron chi connectivity index (χ2n) is 0.100. The van der Waals surface area contributed by atoms with Crippen molar-refractivity contribution >= 4 is 9.40 Å². The van der Waals surface area contributed by atoms with Crippen molar-refractivity contribution < 1.29 is 25.9 Å². The Labute approximate surface area is 40.6 Å². The Morgan fingerprint density at radius 2 is 1.75 bits per heavy atom. The molecular formula is HMoNOSi. The van der Waals surface area contributed by atoms with E-state index in [0.29, 0.717) is 0 Å². The van der Waals surface area contributed by atoms with Crippen LogP contribution in [0.3, 0.4) is 0 Å². The first-order chi connectivity index (χ1) is 1.41. The molecule has 0 aliphatic rings. The SMILES string of the molecule is N#[Si]O.[Mo]. The minimum absolute atomic E-state index is 0. The van der Waals surface area contributed by atoms with Gasteiger partial charge >= 0.3 is 9.40 Å². The van der Waals surface area contributed by atoms with Crippen molar-refractivity contribution in [2.75, 3.05) is 0 Å². The normalized spacial score (nSPS) is 1.75. The van der Waals surface area contributed by atoms with Crippen LogP contribution in [0.15, 0.2) is 0 Å². The smallest absolute Gasteiger partial charge is 0.451 e. The van der Waals surface area contributed by atoms with E-state index in [1.165, 1.54) is 0 Å². The molecule has 0 heterocycles. The molecule has 0 aliphatic carbocycles. The van der Waals surface area contributed by atoms with Crippen LogP contribution in [0, 0.1) is 4.89 Å². The van der Waals surface area contributed by atoms with Crippen LogP contribution >= 0.6 is 0 Å². The molecule has 4 heavy (non-hydrogen) atoms. The summed E-state index contributed by atoms with van der Waals surface area (Å²) in [4.78, 5) is 14.3. The predicted molar refractivity (Wildman–Crippen MR) is 9.70 cm³/mol. The van der Waals surface area contributed by atoms with Gasteiger partial charge in [0.15, 0.2) is 0 Å². The van der Waals surface area contributed by atoms with E-state index in [1.54, 1.807) is 0 Å². The van der Waals surface area contributed by atoms with Crippen molar-refractivity contribution in [3.8, 4) is 0 Å². The van der Waals surface area contributed by atoms with Crippen LogP contribution in [0.1, 0.15) is 0 Å². The van der Waals surface area contributed by atoms with Gasteiger partial charge in [-0.3, -0.25) is 0 Å². The average molecular weight is 155 g/mol. The fourth-order valence-corrected chi connectivity index (χ4v) is 0. The van der Waals surface area contributed by atoms with E-state index in [4.69, 9.17) is 9.68 Å². The summed E-state index contributed by atoms with van der Waals surface area (Å²) in [6.07, 6.45) is 0. The fourth-order valence-electron chi connectivity index (χ4n) is 0. The summed E-state index contributed by atoms with van der Waals surface area (Å²) in [5.41, 5.74) is 0. The van der Waals surface area contributed by atoms with E-state index >= 15 is 0 Å². The Morgan fingerprint density at radius 3 is 1.75 bits per heavy atom. The first-order valence-electron chi connectivity index (χ1n) is 0.447. The van der Waals surface area contributed by atoms with Crippen LogP contribution in [-0.2, 0) is 21.1 Å². The molecule has 0 atom stereocenters. The zero-order valence-corrected chi connectivity index (χ0v) is 4.81. The molecule has 0 saturated heterocycles. The quantitative estimate of drug-likeness (QED) is 0.459. The summed E-state index contributed by atoms with van der Waals surface area (Å²) in [6.45, 7) is 0. The maximum atomic E-state index is 7.15. The molecule has 2 nitrogen and oxygen atoms in total. The van der Waals surface area contributed by atoms with Gasteiger partial charge < -0.3 is 4.80 Å². The van der Waals surface area contributed by atoms with Gasteiger partial charge in [0.25, 0.3) is 0 Å². The van der Waals surface area contributed by atoms with Gasteiger partial charge in [0.2, 0.25) is 0 Å². The van der Waals surface area contributed by atoms with Crippen LogP contribution in [0.2, 0.25) is 0 Å². The Hall–Kier alpha value is 0.415. The predicted octanol–water partition coefficient (Wildman–Crippen LogP) is -0.925. The molecule has 0 amide bonds. The minimum atomic E-state index is -0.917. The maximum Gasteiger partial charge on any atom is 0.451 e. The average Bonchev–Trinajstić information content (AvgIpc) is 0.918. The molecule has 0 saturated carbocycles. The van der Waals surface area contributed by atoms with Gasteiger partial charge in [-0.2, -0.15) is 0 Å². The number of hydrogen-bond acceptors (Lipinski definition) is 2. The molecule has 0 aromatic carbocycles. The summed E-state index contributed by atoms with van der Waals surface area (Å²) in [5.74, 6) is 0. The molecule has 0 radical (unpaired) electrons. The summed E-state index contributed by atoms with van der Waals surface area (Å²) >= 11 is 0. The van der Waals surface area contributed by atoms with Crippen molar-refractivity contribution in [1.82, 2.24) is 0 Å². The van der Waals surface area contributed by atoms with Crippen LogP contribution < -0.4 is 0 Å². The van der Waals surface area contributed by atoms with Crippen LogP contribution in [-0.4, -0.2) is 14.2 Å². The number of hydrogen-bond donors (Lipinski definition) is 1. The zero-order valence-electron chi connectivity index (χ0n) is 1.80. The molecule has 0 aromatic rings. The Balaban J connectivity index is 0. The number of nitrogens with zero attached hydrogens (tertiary/aromatic N) is 1. The van der Waals surface area contributed by atoms with Crippen molar-refractivity contribution in [1.29, 1.82) is 4.89 Å². The van der Waals surface area contributed by atoms with Crippen LogP contribution in [0.4, 0.5) is 0 Å². The Morgan fingerprint density at radius 1 is 1.75 bits per heavy atom. The Bertz CT molecular complexity index is 29.5. The van der Waals surface area contributed by atoms with E-state index in [1.807, 2.05) is 0 Å². The van der Waals surface area contributed by atoms with E-state index < -0.39 is 9.40 Å². The van der Waals surface area contributed by atoms with Gasteiger partial charge in [0.1, 0.15) is 0 Å². The summed E-state index contributed by atoms with van der Waals surface area (Å²) in [5, 5.41) is 0. The zero-order chi connectivity index (χ0) is 2.71. The fraction of sp³-hybridized carbons (Fsp3) is 0. The number of rotatable bonds is 0. The van der Waals surface area contributed by atoms with E-state index in [-0.39, 0.29) is 21.1 Å². The minimum Gasteiger partial charge on any atom is -0.503 e. The second kappa shape index (κ2) is 9.95. The van der Waals surface area contributed by atoms with Crippen molar-refractivity contribution in [3.05, 3.63) is 0 Å². The first-order valence-corrected chi connectivity index (χ1v) is 1.34. The largest absolute Gasteiger partial charge is 0.503 e. The summed E-state index contributed by atoms with van der Waals surface area (Å²) < 4.78 is 0. The van der Waals surface area contributed by atoms with Gasteiger partial charge in [-0.05, 0) is 0 Å². The molecule has 1 N–H and O–H groups in total. The van der Waals surface area contributed by atoms with Crippen LogP contribution in [0.5, 0.6) is 0 Å². The van der Waals surface area contributed by atoms with Gasteiger partial charge in [0, 0.05) is 21.1 Å². The maximum absolute atomic E-state index is 7.15. The first kappa shape index (κ1) is 8.83. The van der Waals surface area contributed by atoms with Gasteiger partial charge in [0.05, 0.1) is 0 Å². The van der Waals surface area contributed by atoms with E-state index in [9.17, 15) is 0 Å². The monoisotopic (exact) mass is 157 g/mol. The van der Waals surface area contributed by atoms with E-state index in [2.05, 4.69) is 0 Å². The molecule has 0 bridgehead atoms. The standard InChI is InChI=1S/Mo.HNOSi/c;1-3-2/h;2H. The molecule has 0 aliphatic heterocycles. The molecule has 0 spiro atoms. The summed E-state index contributed by atoms with van der Waals surface area (Å²) in [7, 11) is -0.917. The van der Waals surface area contributed by atoms with Gasteiger partial charge in [-0.15, -0.1) is 0 Å². The van der Waals surface area contributed by atoms with Crippen LogP contribution in [0.25, 0.3) is 0 Å². The third-order valence-electron chi connectivity index (χ3n) is 0.